The Morgan fingerprint density at radius 1 is 1.00 bits per heavy atom. The van der Waals surface area contributed by atoms with Gasteiger partial charge < -0.3 is 5.11 Å². The number of hydrogen-bond donors (Lipinski definition) is 2. The van der Waals surface area contributed by atoms with Crippen molar-refractivity contribution in [2.45, 2.75) is 18.6 Å². The summed E-state index contributed by atoms with van der Waals surface area (Å²) in [6, 6.07) is 15.4. The highest BCUT2D eigenvalue weighted by atomic mass is 16.3. The van der Waals surface area contributed by atoms with Gasteiger partial charge in [-0.3, -0.25) is 14.5 Å². The summed E-state index contributed by atoms with van der Waals surface area (Å²) in [5.41, 5.74) is 4.71. The molecule has 0 bridgehead atoms. The van der Waals surface area contributed by atoms with Crippen molar-refractivity contribution in [3.63, 3.8) is 0 Å². The van der Waals surface area contributed by atoms with Crippen LogP contribution in [0.2, 0.25) is 0 Å². The fourth-order valence-corrected chi connectivity index (χ4v) is 3.78. The van der Waals surface area contributed by atoms with E-state index in [9.17, 15) is 14.7 Å². The van der Waals surface area contributed by atoms with Crippen LogP contribution in [0.5, 0.6) is 5.75 Å². The van der Waals surface area contributed by atoms with Crippen molar-refractivity contribution >= 4 is 11.8 Å². The zero-order chi connectivity index (χ0) is 17.6. The maximum Gasteiger partial charge on any atom is 0.249 e. The van der Waals surface area contributed by atoms with Gasteiger partial charge in [-0.25, -0.2) is 10.4 Å². The van der Waals surface area contributed by atoms with E-state index < -0.39 is 18.0 Å². The summed E-state index contributed by atoms with van der Waals surface area (Å²) in [5.74, 6) is -0.832. The van der Waals surface area contributed by atoms with Crippen molar-refractivity contribution < 1.29 is 14.7 Å². The second-order valence-corrected chi connectivity index (χ2v) is 6.50. The SMILES string of the molecule is CN1N[C@H](c2ccccc2O)[C@@H]2C(=O)N(Cc3ccccc3)C(=O)[C@H]21. The molecule has 2 fully saturated rings. The molecule has 3 atom stereocenters. The molecular weight excluding hydrogens is 318 g/mol. The molecule has 2 N–H and O–H groups in total. The van der Waals surface area contributed by atoms with E-state index in [1.165, 1.54) is 4.90 Å². The lowest BCUT2D eigenvalue weighted by molar-refractivity contribution is -0.142. The van der Waals surface area contributed by atoms with E-state index in [2.05, 4.69) is 5.43 Å². The number of hydrogen-bond acceptors (Lipinski definition) is 5. The number of amides is 2. The van der Waals surface area contributed by atoms with Gasteiger partial charge in [-0.15, -0.1) is 0 Å². The number of phenolic OH excluding ortho intramolecular Hbond substituents is 1. The minimum absolute atomic E-state index is 0.121. The maximum absolute atomic E-state index is 13.0. The Bertz CT molecular complexity index is 824. The molecule has 0 radical (unpaired) electrons. The van der Waals surface area contributed by atoms with Crippen LogP contribution < -0.4 is 5.43 Å². The number of para-hydroxylation sites is 1. The number of carbonyl (C=O) groups excluding carboxylic acids is 2. The molecule has 0 unspecified atom stereocenters. The van der Waals surface area contributed by atoms with Crippen LogP contribution in [0.4, 0.5) is 0 Å². The largest absolute Gasteiger partial charge is 0.508 e. The molecule has 6 nitrogen and oxygen atoms in total. The number of carbonyl (C=O) groups is 2. The number of likely N-dealkylation sites (tertiary alicyclic amines) is 1. The Labute approximate surface area is 145 Å². The van der Waals surface area contributed by atoms with Gasteiger partial charge in [0.1, 0.15) is 11.8 Å². The van der Waals surface area contributed by atoms with E-state index >= 15 is 0 Å². The van der Waals surface area contributed by atoms with Crippen LogP contribution in [-0.2, 0) is 16.1 Å². The number of rotatable bonds is 3. The van der Waals surface area contributed by atoms with Gasteiger partial charge >= 0.3 is 0 Å². The number of hydrazine groups is 1. The van der Waals surface area contributed by atoms with Gasteiger partial charge in [-0.05, 0) is 11.6 Å². The normalized spacial score (nSPS) is 26.3. The molecule has 2 saturated heterocycles. The number of nitrogens with one attached hydrogen (secondary N) is 1. The summed E-state index contributed by atoms with van der Waals surface area (Å²) < 4.78 is 0. The van der Waals surface area contributed by atoms with Crippen molar-refractivity contribution in [2.24, 2.45) is 5.92 Å². The average Bonchev–Trinajstić information content (AvgIpc) is 3.08. The second kappa shape index (κ2) is 5.98. The van der Waals surface area contributed by atoms with E-state index in [1.807, 2.05) is 36.4 Å². The van der Waals surface area contributed by atoms with E-state index in [1.54, 1.807) is 30.3 Å². The Morgan fingerprint density at radius 2 is 1.68 bits per heavy atom. The molecule has 6 heteroatoms. The molecule has 0 aliphatic carbocycles. The third-order valence-electron chi connectivity index (χ3n) is 4.98. The zero-order valence-electron chi connectivity index (χ0n) is 13.8. The summed E-state index contributed by atoms with van der Waals surface area (Å²) in [6.07, 6.45) is 0. The monoisotopic (exact) mass is 337 g/mol. The van der Waals surface area contributed by atoms with Crippen molar-refractivity contribution in [3.05, 3.63) is 65.7 Å². The molecule has 2 amide bonds. The third-order valence-corrected chi connectivity index (χ3v) is 4.98. The fourth-order valence-electron chi connectivity index (χ4n) is 3.78. The number of imide groups is 1. The first-order chi connectivity index (χ1) is 12.1. The summed E-state index contributed by atoms with van der Waals surface area (Å²) in [7, 11) is 1.76. The molecule has 2 aliphatic rings. The molecule has 2 aromatic carbocycles. The van der Waals surface area contributed by atoms with Gasteiger partial charge in [0.2, 0.25) is 11.8 Å². The number of phenols is 1. The number of benzene rings is 2. The van der Waals surface area contributed by atoms with E-state index in [4.69, 9.17) is 0 Å². The molecule has 25 heavy (non-hydrogen) atoms. The first-order valence-corrected chi connectivity index (χ1v) is 8.24. The summed E-state index contributed by atoms with van der Waals surface area (Å²) in [4.78, 5) is 27.2. The van der Waals surface area contributed by atoms with Crippen molar-refractivity contribution in [3.8, 4) is 5.75 Å². The lowest BCUT2D eigenvalue weighted by Gasteiger charge is -2.22. The average molecular weight is 337 g/mol. The quantitative estimate of drug-likeness (QED) is 0.829. The standard InChI is InChI=1S/C19H19N3O3/c1-21-17-15(16(20-21)13-9-5-6-10-14(13)23)18(24)22(19(17)25)11-12-7-3-2-4-8-12/h2-10,15-17,20,23H,11H2,1H3/t15-,16+,17-/m0/s1. The Morgan fingerprint density at radius 3 is 2.40 bits per heavy atom. The lowest BCUT2D eigenvalue weighted by atomic mass is 9.90. The second-order valence-electron chi connectivity index (χ2n) is 6.50. The van der Waals surface area contributed by atoms with Crippen LogP contribution >= 0.6 is 0 Å². The predicted molar refractivity (Wildman–Crippen MR) is 91.0 cm³/mol. The number of fused-ring (bicyclic) bond motifs is 1. The van der Waals surface area contributed by atoms with E-state index in [0.717, 1.165) is 5.56 Å². The first kappa shape index (κ1) is 15.8. The topological polar surface area (TPSA) is 72.9 Å². The van der Waals surface area contributed by atoms with E-state index in [0.29, 0.717) is 5.56 Å². The van der Waals surface area contributed by atoms with Gasteiger partial charge in [0, 0.05) is 12.6 Å². The minimum atomic E-state index is -0.555. The molecule has 0 aromatic heterocycles. The molecule has 128 valence electrons. The van der Waals surface area contributed by atoms with Crippen molar-refractivity contribution in [1.82, 2.24) is 15.3 Å². The van der Waals surface area contributed by atoms with Crippen molar-refractivity contribution in [1.29, 1.82) is 0 Å². The first-order valence-electron chi connectivity index (χ1n) is 8.24. The Kier molecular flexibility index (Phi) is 3.78. The highest BCUT2D eigenvalue weighted by Crippen LogP contribution is 2.42. The van der Waals surface area contributed by atoms with Crippen LogP contribution in [0.3, 0.4) is 0 Å². The lowest BCUT2D eigenvalue weighted by Crippen LogP contribution is -2.42. The highest BCUT2D eigenvalue weighted by molar-refractivity contribution is 6.07. The summed E-state index contributed by atoms with van der Waals surface area (Å²) in [5, 5.41) is 11.8. The van der Waals surface area contributed by atoms with Crippen LogP contribution in [0.25, 0.3) is 0 Å². The number of aromatic hydroxyl groups is 1. The van der Waals surface area contributed by atoms with Gasteiger partial charge in [0.05, 0.1) is 18.5 Å². The molecule has 0 spiro atoms. The van der Waals surface area contributed by atoms with Gasteiger partial charge in [-0.1, -0.05) is 48.5 Å². The summed E-state index contributed by atoms with van der Waals surface area (Å²) >= 11 is 0. The van der Waals surface area contributed by atoms with Gasteiger partial charge in [0.25, 0.3) is 0 Å². The van der Waals surface area contributed by atoms with Crippen LogP contribution in [0.15, 0.2) is 54.6 Å². The van der Waals surface area contributed by atoms with Crippen LogP contribution in [0, 0.1) is 5.92 Å². The maximum atomic E-state index is 13.0. The Balaban J connectivity index is 1.66. The summed E-state index contributed by atoms with van der Waals surface area (Å²) in [6.45, 7) is 0.271. The van der Waals surface area contributed by atoms with E-state index in [-0.39, 0.29) is 24.1 Å². The highest BCUT2D eigenvalue weighted by Gasteiger charge is 2.57. The van der Waals surface area contributed by atoms with Crippen molar-refractivity contribution in [2.75, 3.05) is 7.05 Å². The number of nitrogens with zero attached hydrogens (tertiary/aromatic N) is 2. The fraction of sp³-hybridized carbons (Fsp3) is 0.263. The zero-order valence-corrected chi connectivity index (χ0v) is 13.8. The van der Waals surface area contributed by atoms with Gasteiger partial charge in [0.15, 0.2) is 0 Å². The molecule has 2 heterocycles. The molecule has 2 aromatic rings. The number of likely N-dealkylation sites (N-methyl/N-ethyl adjacent to an activating group) is 1. The predicted octanol–water partition coefficient (Wildman–Crippen LogP) is 1.44. The molecule has 2 aliphatic heterocycles. The smallest absolute Gasteiger partial charge is 0.249 e. The third kappa shape index (κ3) is 2.50. The van der Waals surface area contributed by atoms with Gasteiger partial charge in [-0.2, -0.15) is 0 Å². The van der Waals surface area contributed by atoms with Crippen LogP contribution in [0.1, 0.15) is 17.2 Å². The molecule has 0 saturated carbocycles. The molecular formula is C19H19N3O3. The molecule has 4 rings (SSSR count). The van der Waals surface area contributed by atoms with Crippen LogP contribution in [-0.4, -0.2) is 39.9 Å². The Hall–Kier alpha value is -2.70. The minimum Gasteiger partial charge on any atom is -0.508 e.